The molecule has 1 heterocycles. The molecule has 1 aromatic carbocycles. The van der Waals surface area contributed by atoms with E-state index in [0.29, 0.717) is 6.61 Å². The van der Waals surface area contributed by atoms with Crippen LogP contribution in [-0.4, -0.2) is 30.4 Å². The van der Waals surface area contributed by atoms with Crippen LogP contribution in [0.5, 0.6) is 5.75 Å². The number of nitrogens with one attached hydrogen (secondary N) is 1. The van der Waals surface area contributed by atoms with Gasteiger partial charge >= 0.3 is 0 Å². The largest absolute Gasteiger partial charge is 0.491 e. The highest BCUT2D eigenvalue weighted by molar-refractivity contribution is 6.32. The van der Waals surface area contributed by atoms with Crippen molar-refractivity contribution >= 4 is 11.6 Å². The molecule has 2 N–H and O–H groups in total. The van der Waals surface area contributed by atoms with Crippen LogP contribution in [0.1, 0.15) is 30.4 Å². The fourth-order valence-corrected chi connectivity index (χ4v) is 2.57. The van der Waals surface area contributed by atoms with E-state index in [1.807, 2.05) is 26.0 Å². The van der Waals surface area contributed by atoms with Crippen molar-refractivity contribution in [3.8, 4) is 5.75 Å². The molecule has 1 aromatic rings. The maximum absolute atomic E-state index is 10.5. The van der Waals surface area contributed by atoms with Gasteiger partial charge in [-0.1, -0.05) is 11.6 Å². The minimum atomic E-state index is -0.717. The monoisotopic (exact) mass is 283 g/mol. The van der Waals surface area contributed by atoms with Crippen LogP contribution in [0.4, 0.5) is 0 Å². The molecule has 1 saturated heterocycles. The Morgan fingerprint density at radius 2 is 1.95 bits per heavy atom. The van der Waals surface area contributed by atoms with Gasteiger partial charge in [-0.05, 0) is 69.5 Å². The number of rotatable bonds is 3. The van der Waals surface area contributed by atoms with Gasteiger partial charge in [-0.25, -0.2) is 0 Å². The van der Waals surface area contributed by atoms with Crippen LogP contribution in [-0.2, 0) is 0 Å². The van der Waals surface area contributed by atoms with Crippen molar-refractivity contribution in [3.05, 3.63) is 28.3 Å². The van der Waals surface area contributed by atoms with Crippen molar-refractivity contribution in [1.29, 1.82) is 0 Å². The van der Waals surface area contributed by atoms with E-state index in [-0.39, 0.29) is 0 Å². The first-order chi connectivity index (χ1) is 9.00. The number of hydrogen-bond donors (Lipinski definition) is 2. The number of aliphatic hydroxyl groups is 1. The molecule has 3 nitrogen and oxygen atoms in total. The summed E-state index contributed by atoms with van der Waals surface area (Å²) in [5.41, 5.74) is 1.29. The van der Waals surface area contributed by atoms with Gasteiger partial charge in [0, 0.05) is 5.02 Å². The molecule has 0 bridgehead atoms. The normalized spacial score (nSPS) is 24.0. The molecule has 0 spiro atoms. The van der Waals surface area contributed by atoms with Crippen LogP contribution in [0, 0.1) is 13.8 Å². The zero-order valence-corrected chi connectivity index (χ0v) is 12.4. The number of halogens is 1. The Kier molecular flexibility index (Phi) is 4.71. The molecule has 1 unspecified atom stereocenters. The zero-order chi connectivity index (χ0) is 13.9. The maximum atomic E-state index is 10.5. The van der Waals surface area contributed by atoms with Crippen molar-refractivity contribution in [1.82, 2.24) is 5.32 Å². The molecular weight excluding hydrogens is 262 g/mol. The van der Waals surface area contributed by atoms with Crippen molar-refractivity contribution < 1.29 is 9.84 Å². The van der Waals surface area contributed by atoms with E-state index in [4.69, 9.17) is 16.3 Å². The Morgan fingerprint density at radius 1 is 1.26 bits per heavy atom. The first-order valence-corrected chi connectivity index (χ1v) is 7.21. The van der Waals surface area contributed by atoms with Gasteiger partial charge in [0.2, 0.25) is 0 Å². The Morgan fingerprint density at radius 3 is 2.63 bits per heavy atom. The highest BCUT2D eigenvalue weighted by atomic mass is 35.5. The first-order valence-electron chi connectivity index (χ1n) is 6.83. The molecule has 4 heteroatoms. The van der Waals surface area contributed by atoms with Gasteiger partial charge in [0.15, 0.2) is 0 Å². The van der Waals surface area contributed by atoms with E-state index in [9.17, 15) is 5.11 Å². The summed E-state index contributed by atoms with van der Waals surface area (Å²) in [7, 11) is 0. The number of ether oxygens (including phenoxy) is 1. The molecule has 0 amide bonds. The van der Waals surface area contributed by atoms with Crippen LogP contribution >= 0.6 is 11.6 Å². The minimum Gasteiger partial charge on any atom is -0.491 e. The summed E-state index contributed by atoms with van der Waals surface area (Å²) in [6.45, 7) is 6.09. The first kappa shape index (κ1) is 14.6. The molecule has 0 saturated carbocycles. The lowest BCUT2D eigenvalue weighted by Crippen LogP contribution is -2.36. The summed E-state index contributed by atoms with van der Waals surface area (Å²) in [5, 5.41) is 14.6. The maximum Gasteiger partial charge on any atom is 0.120 e. The highest BCUT2D eigenvalue weighted by Gasteiger charge is 2.28. The molecule has 1 aliphatic heterocycles. The third kappa shape index (κ3) is 3.85. The molecule has 1 aliphatic rings. The lowest BCUT2D eigenvalue weighted by atomic mass is 9.96. The molecule has 0 radical (unpaired) electrons. The van der Waals surface area contributed by atoms with E-state index < -0.39 is 5.60 Å². The zero-order valence-electron chi connectivity index (χ0n) is 11.6. The number of hydrogen-bond acceptors (Lipinski definition) is 3. The topological polar surface area (TPSA) is 41.5 Å². The molecule has 1 fully saturated rings. The highest BCUT2D eigenvalue weighted by Crippen LogP contribution is 2.27. The second-order valence-electron chi connectivity index (χ2n) is 5.49. The van der Waals surface area contributed by atoms with Crippen molar-refractivity contribution in [2.75, 3.05) is 19.7 Å². The Bertz CT molecular complexity index is 417. The lowest BCUT2D eigenvalue weighted by Gasteiger charge is -2.26. The van der Waals surface area contributed by atoms with Gasteiger partial charge in [0.05, 0.1) is 5.60 Å². The number of benzene rings is 1. The van der Waals surface area contributed by atoms with Gasteiger partial charge in [-0.15, -0.1) is 0 Å². The summed E-state index contributed by atoms with van der Waals surface area (Å²) in [6.07, 6.45) is 2.50. The quantitative estimate of drug-likeness (QED) is 0.896. The molecule has 19 heavy (non-hydrogen) atoms. The minimum absolute atomic E-state index is 0.342. The van der Waals surface area contributed by atoms with Crippen molar-refractivity contribution in [3.63, 3.8) is 0 Å². The van der Waals surface area contributed by atoms with Crippen LogP contribution in [0.2, 0.25) is 5.02 Å². The third-order valence-electron chi connectivity index (χ3n) is 3.68. The fraction of sp³-hybridized carbons (Fsp3) is 0.600. The standard InChI is InChI=1S/C15H22ClNO2/c1-11-8-13(9-12(2)14(11)16)19-10-15(18)4-3-6-17-7-5-15/h8-9,17-18H,3-7,10H2,1-2H3. The van der Waals surface area contributed by atoms with Crippen LogP contribution in [0.15, 0.2) is 12.1 Å². The summed E-state index contributed by atoms with van der Waals surface area (Å²) >= 11 is 6.13. The summed E-state index contributed by atoms with van der Waals surface area (Å²) in [5.74, 6) is 0.782. The van der Waals surface area contributed by atoms with Gasteiger partial charge in [0.25, 0.3) is 0 Å². The molecule has 2 rings (SSSR count). The van der Waals surface area contributed by atoms with Crippen molar-refractivity contribution in [2.45, 2.75) is 38.7 Å². The predicted molar refractivity (Wildman–Crippen MR) is 78.1 cm³/mol. The summed E-state index contributed by atoms with van der Waals surface area (Å²) in [4.78, 5) is 0. The van der Waals surface area contributed by atoms with Gasteiger partial charge < -0.3 is 15.2 Å². The van der Waals surface area contributed by atoms with Gasteiger partial charge in [-0.3, -0.25) is 0 Å². The van der Waals surface area contributed by atoms with E-state index in [2.05, 4.69) is 5.32 Å². The molecule has 1 atom stereocenters. The molecular formula is C15H22ClNO2. The lowest BCUT2D eigenvalue weighted by molar-refractivity contribution is -0.0147. The smallest absolute Gasteiger partial charge is 0.120 e. The molecule has 106 valence electrons. The average Bonchev–Trinajstić information content (AvgIpc) is 2.59. The summed E-state index contributed by atoms with van der Waals surface area (Å²) < 4.78 is 5.78. The van der Waals surface area contributed by atoms with E-state index in [1.165, 1.54) is 0 Å². The summed E-state index contributed by atoms with van der Waals surface area (Å²) in [6, 6.07) is 3.85. The second-order valence-corrected chi connectivity index (χ2v) is 5.87. The van der Waals surface area contributed by atoms with E-state index >= 15 is 0 Å². The SMILES string of the molecule is Cc1cc(OCC2(O)CCCNCC2)cc(C)c1Cl. The Labute approximate surface area is 119 Å². The molecule has 0 aromatic heterocycles. The van der Waals surface area contributed by atoms with Gasteiger partial charge in [0.1, 0.15) is 12.4 Å². The van der Waals surface area contributed by atoms with E-state index in [1.54, 1.807) is 0 Å². The third-order valence-corrected chi connectivity index (χ3v) is 4.28. The van der Waals surface area contributed by atoms with Gasteiger partial charge in [-0.2, -0.15) is 0 Å². The second kappa shape index (κ2) is 6.12. The van der Waals surface area contributed by atoms with Crippen LogP contribution in [0.3, 0.4) is 0 Å². The average molecular weight is 284 g/mol. The van der Waals surface area contributed by atoms with Crippen LogP contribution < -0.4 is 10.1 Å². The van der Waals surface area contributed by atoms with Crippen molar-refractivity contribution in [2.24, 2.45) is 0 Å². The Hall–Kier alpha value is -0.770. The van der Waals surface area contributed by atoms with Crippen LogP contribution in [0.25, 0.3) is 0 Å². The Balaban J connectivity index is 2.01. The number of aryl methyl sites for hydroxylation is 2. The predicted octanol–water partition coefficient (Wildman–Crippen LogP) is 2.84. The fourth-order valence-electron chi connectivity index (χ4n) is 2.47. The molecule has 0 aliphatic carbocycles. The van der Waals surface area contributed by atoms with E-state index in [0.717, 1.165) is 54.3 Å².